The molecule has 0 aliphatic carbocycles. The van der Waals surface area contributed by atoms with Gasteiger partial charge in [0.1, 0.15) is 0 Å². The van der Waals surface area contributed by atoms with Crippen molar-refractivity contribution in [1.29, 1.82) is 0 Å². The van der Waals surface area contributed by atoms with Crippen molar-refractivity contribution in [3.63, 3.8) is 0 Å². The Kier molecular flexibility index (Phi) is 2.52. The molecule has 1 saturated heterocycles. The zero-order chi connectivity index (χ0) is 8.48. The summed E-state index contributed by atoms with van der Waals surface area (Å²) in [5.41, 5.74) is 0.144. The van der Waals surface area contributed by atoms with Crippen LogP contribution in [0.15, 0.2) is 0 Å². The molecule has 1 N–H and O–H groups in total. The standard InChI is InChI=1S/C8H17NO2/c1-8(2,3)9-4-5-11-7(10)6-9/h7,10H,4-6H2,1-3H3. The first-order valence-corrected chi connectivity index (χ1v) is 4.05. The molecule has 0 aromatic rings. The minimum absolute atomic E-state index is 0.144. The summed E-state index contributed by atoms with van der Waals surface area (Å²) in [5.74, 6) is 0. The first-order chi connectivity index (χ1) is 5.00. The Morgan fingerprint density at radius 1 is 1.45 bits per heavy atom. The maximum absolute atomic E-state index is 9.18. The molecular weight excluding hydrogens is 142 g/mol. The van der Waals surface area contributed by atoms with Gasteiger partial charge in [0, 0.05) is 18.6 Å². The molecule has 0 spiro atoms. The Morgan fingerprint density at radius 2 is 2.09 bits per heavy atom. The van der Waals surface area contributed by atoms with Gasteiger partial charge in [0.05, 0.1) is 6.61 Å². The number of aliphatic hydroxyl groups excluding tert-OH is 1. The van der Waals surface area contributed by atoms with Crippen molar-refractivity contribution in [3.05, 3.63) is 0 Å². The Bertz CT molecular complexity index is 131. The Hall–Kier alpha value is -0.120. The van der Waals surface area contributed by atoms with Crippen molar-refractivity contribution >= 4 is 0 Å². The van der Waals surface area contributed by atoms with Crippen LogP contribution in [-0.4, -0.2) is 41.5 Å². The number of morpholine rings is 1. The Morgan fingerprint density at radius 3 is 2.45 bits per heavy atom. The van der Waals surface area contributed by atoms with Gasteiger partial charge in [0.25, 0.3) is 0 Å². The van der Waals surface area contributed by atoms with Crippen LogP contribution in [0.25, 0.3) is 0 Å². The van der Waals surface area contributed by atoms with E-state index in [4.69, 9.17) is 4.74 Å². The molecule has 3 nitrogen and oxygen atoms in total. The largest absolute Gasteiger partial charge is 0.367 e. The van der Waals surface area contributed by atoms with Crippen LogP contribution in [0.3, 0.4) is 0 Å². The normalized spacial score (nSPS) is 28.9. The molecular formula is C8H17NO2. The highest BCUT2D eigenvalue weighted by molar-refractivity contribution is 4.78. The molecule has 1 aliphatic rings. The molecule has 0 radical (unpaired) electrons. The number of hydrogen-bond donors (Lipinski definition) is 1. The molecule has 0 aromatic heterocycles. The van der Waals surface area contributed by atoms with E-state index in [-0.39, 0.29) is 5.54 Å². The van der Waals surface area contributed by atoms with Crippen molar-refractivity contribution in [2.75, 3.05) is 19.7 Å². The monoisotopic (exact) mass is 159 g/mol. The fourth-order valence-electron chi connectivity index (χ4n) is 1.24. The third-order valence-corrected chi connectivity index (χ3v) is 2.00. The smallest absolute Gasteiger partial charge is 0.167 e. The van der Waals surface area contributed by atoms with E-state index in [1.807, 2.05) is 0 Å². The molecule has 3 heteroatoms. The summed E-state index contributed by atoms with van der Waals surface area (Å²) < 4.78 is 5.02. The second-order valence-corrected chi connectivity index (χ2v) is 3.94. The first-order valence-electron chi connectivity index (χ1n) is 4.05. The molecule has 1 rings (SSSR count). The Labute approximate surface area is 68.0 Å². The number of hydrogen-bond acceptors (Lipinski definition) is 3. The van der Waals surface area contributed by atoms with Gasteiger partial charge in [-0.05, 0) is 20.8 Å². The van der Waals surface area contributed by atoms with E-state index in [0.29, 0.717) is 13.2 Å². The summed E-state index contributed by atoms with van der Waals surface area (Å²) in [5, 5.41) is 9.18. The summed E-state index contributed by atoms with van der Waals surface area (Å²) in [6.45, 7) is 8.61. The van der Waals surface area contributed by atoms with Crippen LogP contribution in [0.2, 0.25) is 0 Å². The number of nitrogens with zero attached hydrogens (tertiary/aromatic N) is 1. The van der Waals surface area contributed by atoms with E-state index in [1.54, 1.807) is 0 Å². The van der Waals surface area contributed by atoms with Gasteiger partial charge in [-0.25, -0.2) is 0 Å². The van der Waals surface area contributed by atoms with E-state index in [2.05, 4.69) is 25.7 Å². The third-order valence-electron chi connectivity index (χ3n) is 2.00. The van der Waals surface area contributed by atoms with Crippen LogP contribution in [0.1, 0.15) is 20.8 Å². The van der Waals surface area contributed by atoms with E-state index in [0.717, 1.165) is 6.54 Å². The van der Waals surface area contributed by atoms with Crippen molar-refractivity contribution in [3.8, 4) is 0 Å². The van der Waals surface area contributed by atoms with Crippen molar-refractivity contribution in [1.82, 2.24) is 4.90 Å². The lowest BCUT2D eigenvalue weighted by Crippen LogP contribution is -2.51. The molecule has 1 unspecified atom stereocenters. The molecule has 0 bridgehead atoms. The zero-order valence-corrected chi connectivity index (χ0v) is 7.50. The van der Waals surface area contributed by atoms with Crippen LogP contribution in [0, 0.1) is 0 Å². The SMILES string of the molecule is CC(C)(C)N1CCOC(O)C1. The topological polar surface area (TPSA) is 32.7 Å². The lowest BCUT2D eigenvalue weighted by Gasteiger charge is -2.39. The first kappa shape index (κ1) is 8.97. The van der Waals surface area contributed by atoms with Gasteiger partial charge < -0.3 is 9.84 Å². The molecule has 1 aliphatic heterocycles. The predicted molar refractivity (Wildman–Crippen MR) is 43.3 cm³/mol. The van der Waals surface area contributed by atoms with Gasteiger partial charge >= 0.3 is 0 Å². The zero-order valence-electron chi connectivity index (χ0n) is 7.50. The van der Waals surface area contributed by atoms with E-state index >= 15 is 0 Å². The van der Waals surface area contributed by atoms with Gasteiger partial charge in [-0.1, -0.05) is 0 Å². The minimum Gasteiger partial charge on any atom is -0.367 e. The summed E-state index contributed by atoms with van der Waals surface area (Å²) in [7, 11) is 0. The third kappa shape index (κ3) is 2.43. The molecule has 1 fully saturated rings. The molecule has 0 saturated carbocycles. The average molecular weight is 159 g/mol. The maximum Gasteiger partial charge on any atom is 0.167 e. The number of aliphatic hydroxyl groups is 1. The van der Waals surface area contributed by atoms with Gasteiger partial charge in [0.2, 0.25) is 0 Å². The maximum atomic E-state index is 9.18. The van der Waals surface area contributed by atoms with Gasteiger partial charge in [-0.15, -0.1) is 0 Å². The van der Waals surface area contributed by atoms with Crippen LogP contribution in [-0.2, 0) is 4.74 Å². The van der Waals surface area contributed by atoms with Crippen molar-refractivity contribution in [2.45, 2.75) is 32.6 Å². The van der Waals surface area contributed by atoms with Crippen LogP contribution >= 0.6 is 0 Å². The van der Waals surface area contributed by atoms with Crippen molar-refractivity contribution < 1.29 is 9.84 Å². The highest BCUT2D eigenvalue weighted by Crippen LogP contribution is 2.16. The minimum atomic E-state index is -0.594. The summed E-state index contributed by atoms with van der Waals surface area (Å²) in [6.07, 6.45) is -0.594. The average Bonchev–Trinajstić information content (AvgIpc) is 1.86. The van der Waals surface area contributed by atoms with Crippen LogP contribution in [0.5, 0.6) is 0 Å². The number of ether oxygens (including phenoxy) is 1. The van der Waals surface area contributed by atoms with Gasteiger partial charge in [-0.3, -0.25) is 4.90 Å². The van der Waals surface area contributed by atoms with Crippen LogP contribution in [0.4, 0.5) is 0 Å². The predicted octanol–water partition coefficient (Wildman–Crippen LogP) is 0.435. The van der Waals surface area contributed by atoms with Crippen molar-refractivity contribution in [2.24, 2.45) is 0 Å². The summed E-state index contributed by atoms with van der Waals surface area (Å²) >= 11 is 0. The van der Waals surface area contributed by atoms with E-state index in [9.17, 15) is 5.11 Å². The summed E-state index contributed by atoms with van der Waals surface area (Å²) in [4.78, 5) is 2.22. The fourth-order valence-corrected chi connectivity index (χ4v) is 1.24. The lowest BCUT2D eigenvalue weighted by molar-refractivity contribution is -0.160. The number of rotatable bonds is 0. The van der Waals surface area contributed by atoms with Crippen LogP contribution < -0.4 is 0 Å². The fraction of sp³-hybridized carbons (Fsp3) is 1.00. The van der Waals surface area contributed by atoms with Gasteiger partial charge in [0.15, 0.2) is 6.29 Å². The quantitative estimate of drug-likeness (QED) is 0.556. The van der Waals surface area contributed by atoms with E-state index in [1.165, 1.54) is 0 Å². The second kappa shape index (κ2) is 3.09. The Balaban J connectivity index is 2.46. The molecule has 1 atom stereocenters. The highest BCUT2D eigenvalue weighted by atomic mass is 16.6. The van der Waals surface area contributed by atoms with E-state index < -0.39 is 6.29 Å². The highest BCUT2D eigenvalue weighted by Gasteiger charge is 2.26. The molecule has 66 valence electrons. The van der Waals surface area contributed by atoms with Gasteiger partial charge in [-0.2, -0.15) is 0 Å². The summed E-state index contributed by atoms with van der Waals surface area (Å²) in [6, 6.07) is 0. The molecule has 0 aromatic carbocycles. The molecule has 0 amide bonds. The lowest BCUT2D eigenvalue weighted by atomic mass is 10.1. The molecule has 11 heavy (non-hydrogen) atoms. The molecule has 1 heterocycles. The number of β-amino-alcohol motifs (C(OH)–C–C–N with tert-alkyl or cyclic N) is 1. The second-order valence-electron chi connectivity index (χ2n) is 3.94.